The van der Waals surface area contributed by atoms with Gasteiger partial charge >= 0.3 is 5.97 Å². The van der Waals surface area contributed by atoms with Crippen LogP contribution in [0.25, 0.3) is 0 Å². The molecule has 4 heteroatoms. The molecule has 0 spiro atoms. The molecule has 0 aliphatic carbocycles. The van der Waals surface area contributed by atoms with Crippen molar-refractivity contribution in [2.24, 2.45) is 0 Å². The number of hydrogen-bond donors (Lipinski definition) is 1. The number of halogens is 1. The second-order valence-corrected chi connectivity index (χ2v) is 2.45. The molecule has 0 radical (unpaired) electrons. The minimum Gasteiger partial charge on any atom is -0.493 e. The van der Waals surface area contributed by atoms with E-state index in [9.17, 15) is 9.18 Å². The Morgan fingerprint density at radius 3 is 2.92 bits per heavy atom. The average Bonchev–Trinajstić information content (AvgIpc) is 2.03. The van der Waals surface area contributed by atoms with E-state index in [1.54, 1.807) is 6.07 Å². The lowest BCUT2D eigenvalue weighted by Crippen LogP contribution is -2.04. The van der Waals surface area contributed by atoms with E-state index in [0.29, 0.717) is 5.75 Å². The molecule has 70 valence electrons. The smallest absolute Gasteiger partial charge is 0.306 e. The standard InChI is InChI=1S/C9H9FO3/c10-7-2-1-3-8(6-7)13-5-4-9(11)12/h1-3,6H,4-5H2,(H,11,12). The molecule has 1 N–H and O–H groups in total. The first-order chi connectivity index (χ1) is 6.18. The molecule has 0 atom stereocenters. The van der Waals surface area contributed by atoms with E-state index in [1.807, 2.05) is 0 Å². The van der Waals surface area contributed by atoms with Crippen molar-refractivity contribution in [2.45, 2.75) is 6.42 Å². The number of rotatable bonds is 4. The Morgan fingerprint density at radius 1 is 1.54 bits per heavy atom. The maximum absolute atomic E-state index is 12.6. The van der Waals surface area contributed by atoms with Crippen LogP contribution in [0.5, 0.6) is 5.75 Å². The molecule has 0 aliphatic heterocycles. The Bertz CT molecular complexity index is 299. The second-order valence-electron chi connectivity index (χ2n) is 2.45. The molecule has 13 heavy (non-hydrogen) atoms. The largest absolute Gasteiger partial charge is 0.493 e. The van der Waals surface area contributed by atoms with Gasteiger partial charge in [0.25, 0.3) is 0 Å². The summed E-state index contributed by atoms with van der Waals surface area (Å²) >= 11 is 0. The van der Waals surface area contributed by atoms with Crippen LogP contribution in [0.1, 0.15) is 6.42 Å². The van der Waals surface area contributed by atoms with Gasteiger partial charge in [-0.15, -0.1) is 0 Å². The predicted molar refractivity (Wildman–Crippen MR) is 44.1 cm³/mol. The van der Waals surface area contributed by atoms with E-state index in [1.165, 1.54) is 18.2 Å². The summed E-state index contributed by atoms with van der Waals surface area (Å²) in [5.41, 5.74) is 0. The van der Waals surface area contributed by atoms with Gasteiger partial charge in [0, 0.05) is 6.07 Å². The average molecular weight is 184 g/mol. The van der Waals surface area contributed by atoms with Gasteiger partial charge in [0.2, 0.25) is 0 Å². The van der Waals surface area contributed by atoms with Gasteiger partial charge in [-0.25, -0.2) is 4.39 Å². The molecule has 0 unspecified atom stereocenters. The monoisotopic (exact) mass is 184 g/mol. The first-order valence-corrected chi connectivity index (χ1v) is 3.78. The van der Waals surface area contributed by atoms with Crippen molar-refractivity contribution in [1.29, 1.82) is 0 Å². The molecule has 0 amide bonds. The molecule has 0 saturated carbocycles. The first kappa shape index (κ1) is 9.51. The Morgan fingerprint density at radius 2 is 2.31 bits per heavy atom. The molecule has 3 nitrogen and oxygen atoms in total. The van der Waals surface area contributed by atoms with Crippen LogP contribution in [-0.2, 0) is 4.79 Å². The topological polar surface area (TPSA) is 46.5 Å². The highest BCUT2D eigenvalue weighted by Crippen LogP contribution is 2.11. The van der Waals surface area contributed by atoms with E-state index in [0.717, 1.165) is 0 Å². The normalized spacial score (nSPS) is 9.62. The van der Waals surface area contributed by atoms with Crippen LogP contribution in [-0.4, -0.2) is 17.7 Å². The lowest BCUT2D eigenvalue weighted by atomic mass is 10.3. The molecule has 0 saturated heterocycles. The molecule has 0 aromatic heterocycles. The molecular weight excluding hydrogens is 175 g/mol. The Balaban J connectivity index is 2.41. The summed E-state index contributed by atoms with van der Waals surface area (Å²) in [5.74, 6) is -0.981. The van der Waals surface area contributed by atoms with Gasteiger partial charge in [-0.3, -0.25) is 4.79 Å². The first-order valence-electron chi connectivity index (χ1n) is 3.78. The Hall–Kier alpha value is -1.58. The maximum atomic E-state index is 12.6. The van der Waals surface area contributed by atoms with Gasteiger partial charge in [0.05, 0.1) is 13.0 Å². The third-order valence-corrected chi connectivity index (χ3v) is 1.38. The summed E-state index contributed by atoms with van der Waals surface area (Å²) in [5, 5.41) is 8.29. The lowest BCUT2D eigenvalue weighted by molar-refractivity contribution is -0.137. The molecule has 0 bridgehead atoms. The van der Waals surface area contributed by atoms with Gasteiger partial charge in [-0.1, -0.05) is 6.07 Å². The van der Waals surface area contributed by atoms with E-state index < -0.39 is 11.8 Å². The fourth-order valence-corrected chi connectivity index (χ4v) is 0.813. The summed E-state index contributed by atoms with van der Waals surface area (Å²) in [6.07, 6.45) is -0.0868. The molecular formula is C9H9FO3. The van der Waals surface area contributed by atoms with Gasteiger partial charge < -0.3 is 9.84 Å². The third-order valence-electron chi connectivity index (χ3n) is 1.38. The molecule has 1 aromatic rings. The van der Waals surface area contributed by atoms with Crippen LogP contribution in [0.4, 0.5) is 4.39 Å². The molecule has 1 rings (SSSR count). The zero-order valence-corrected chi connectivity index (χ0v) is 6.87. The minimum absolute atomic E-state index is 0.0544. The fraction of sp³-hybridized carbons (Fsp3) is 0.222. The summed E-state index contributed by atoms with van der Waals surface area (Å²) in [6.45, 7) is 0.0544. The van der Waals surface area contributed by atoms with Crippen LogP contribution >= 0.6 is 0 Å². The van der Waals surface area contributed by atoms with Crippen LogP contribution in [0.3, 0.4) is 0 Å². The van der Waals surface area contributed by atoms with Crippen molar-refractivity contribution in [2.75, 3.05) is 6.61 Å². The Kier molecular flexibility index (Phi) is 3.25. The van der Waals surface area contributed by atoms with Crippen LogP contribution in [0, 0.1) is 5.82 Å². The van der Waals surface area contributed by atoms with E-state index in [2.05, 4.69) is 0 Å². The zero-order valence-electron chi connectivity index (χ0n) is 6.87. The number of aliphatic carboxylic acids is 1. The number of carboxylic acid groups (broad SMARTS) is 1. The van der Waals surface area contributed by atoms with Crippen molar-refractivity contribution in [3.63, 3.8) is 0 Å². The molecule has 1 aromatic carbocycles. The number of benzene rings is 1. The van der Waals surface area contributed by atoms with Gasteiger partial charge in [-0.05, 0) is 12.1 Å². The summed E-state index contributed by atoms with van der Waals surface area (Å²) in [6, 6.07) is 5.59. The highest BCUT2D eigenvalue weighted by molar-refractivity contribution is 5.66. The van der Waals surface area contributed by atoms with Crippen molar-refractivity contribution in [1.82, 2.24) is 0 Å². The van der Waals surface area contributed by atoms with Crippen LogP contribution < -0.4 is 4.74 Å². The van der Waals surface area contributed by atoms with Crippen molar-refractivity contribution < 1.29 is 19.0 Å². The van der Waals surface area contributed by atoms with Crippen molar-refractivity contribution >= 4 is 5.97 Å². The van der Waals surface area contributed by atoms with Gasteiger partial charge in [0.15, 0.2) is 0 Å². The lowest BCUT2D eigenvalue weighted by Gasteiger charge is -2.03. The van der Waals surface area contributed by atoms with E-state index in [-0.39, 0.29) is 13.0 Å². The van der Waals surface area contributed by atoms with E-state index >= 15 is 0 Å². The second kappa shape index (κ2) is 4.45. The zero-order chi connectivity index (χ0) is 9.68. The SMILES string of the molecule is O=C(O)CCOc1cccc(F)c1. The fourth-order valence-electron chi connectivity index (χ4n) is 0.813. The van der Waals surface area contributed by atoms with Crippen molar-refractivity contribution in [3.8, 4) is 5.75 Å². The van der Waals surface area contributed by atoms with Crippen LogP contribution in [0.2, 0.25) is 0 Å². The number of carboxylic acids is 1. The number of hydrogen-bond acceptors (Lipinski definition) is 2. The molecule has 0 aliphatic rings. The highest BCUT2D eigenvalue weighted by Gasteiger charge is 1.98. The van der Waals surface area contributed by atoms with Crippen molar-refractivity contribution in [3.05, 3.63) is 30.1 Å². The van der Waals surface area contributed by atoms with E-state index in [4.69, 9.17) is 9.84 Å². The quantitative estimate of drug-likeness (QED) is 0.774. The van der Waals surface area contributed by atoms with Gasteiger partial charge in [-0.2, -0.15) is 0 Å². The highest BCUT2D eigenvalue weighted by atomic mass is 19.1. The predicted octanol–water partition coefficient (Wildman–Crippen LogP) is 1.68. The summed E-state index contributed by atoms with van der Waals surface area (Å²) in [7, 11) is 0. The number of carbonyl (C=O) groups is 1. The third kappa shape index (κ3) is 3.55. The maximum Gasteiger partial charge on any atom is 0.306 e. The van der Waals surface area contributed by atoms with Gasteiger partial charge in [0.1, 0.15) is 11.6 Å². The van der Waals surface area contributed by atoms with Crippen LogP contribution in [0.15, 0.2) is 24.3 Å². The summed E-state index contributed by atoms with van der Waals surface area (Å²) < 4.78 is 17.5. The minimum atomic E-state index is -0.934. The Labute approximate surface area is 74.8 Å². The molecule has 0 fully saturated rings. The molecule has 0 heterocycles. The summed E-state index contributed by atoms with van der Waals surface area (Å²) in [4.78, 5) is 10.1. The number of ether oxygens (including phenoxy) is 1.